The highest BCUT2D eigenvalue weighted by molar-refractivity contribution is 5.78. The van der Waals surface area contributed by atoms with Crippen molar-refractivity contribution in [2.24, 2.45) is 5.92 Å². The van der Waals surface area contributed by atoms with Crippen molar-refractivity contribution in [3.8, 4) is 0 Å². The van der Waals surface area contributed by atoms with E-state index >= 15 is 0 Å². The van der Waals surface area contributed by atoms with E-state index in [-0.39, 0.29) is 0 Å². The Hall–Kier alpha value is -1.05. The van der Waals surface area contributed by atoms with Gasteiger partial charge in [0, 0.05) is 5.92 Å². The number of carbonyl (C=O) groups is 1. The molecule has 1 fully saturated rings. The first-order chi connectivity index (χ1) is 6.77. The zero-order valence-corrected chi connectivity index (χ0v) is 8.53. The molecule has 0 radical (unpaired) electrons. The molecular weight excluding hydrogens is 176 g/mol. The molecule has 14 heavy (non-hydrogen) atoms. The van der Waals surface area contributed by atoms with E-state index in [0.717, 1.165) is 25.7 Å². The lowest BCUT2D eigenvalue weighted by Crippen LogP contribution is -2.18. The Morgan fingerprint density at radius 1 is 1.36 bits per heavy atom. The monoisotopic (exact) mass is 192 g/mol. The van der Waals surface area contributed by atoms with E-state index in [1.807, 2.05) is 12.3 Å². The van der Waals surface area contributed by atoms with Crippen molar-refractivity contribution in [1.82, 2.24) is 0 Å². The van der Waals surface area contributed by atoms with Crippen molar-refractivity contribution < 1.29 is 9.21 Å². The van der Waals surface area contributed by atoms with Gasteiger partial charge in [-0.15, -0.1) is 0 Å². The maximum absolute atomic E-state index is 11.2. The van der Waals surface area contributed by atoms with E-state index < -0.39 is 0 Å². The van der Waals surface area contributed by atoms with Crippen molar-refractivity contribution in [2.75, 3.05) is 0 Å². The van der Waals surface area contributed by atoms with Crippen LogP contribution in [0.3, 0.4) is 0 Å². The highest BCUT2D eigenvalue weighted by atomic mass is 16.3. The molecule has 0 amide bonds. The summed E-state index contributed by atoms with van der Waals surface area (Å²) in [5.41, 5.74) is 1.30. The SMILES string of the molecule is CC(=O)C1CCC(c2ccoc2)CC1. The van der Waals surface area contributed by atoms with Gasteiger partial charge >= 0.3 is 0 Å². The van der Waals surface area contributed by atoms with Crippen LogP contribution in [-0.2, 0) is 4.79 Å². The first-order valence-corrected chi connectivity index (χ1v) is 5.30. The van der Waals surface area contributed by atoms with Crippen LogP contribution in [0.2, 0.25) is 0 Å². The lowest BCUT2D eigenvalue weighted by atomic mass is 9.78. The Kier molecular flexibility index (Phi) is 2.71. The van der Waals surface area contributed by atoms with Crippen LogP contribution in [0.15, 0.2) is 23.0 Å². The van der Waals surface area contributed by atoms with Crippen LogP contribution in [0.4, 0.5) is 0 Å². The van der Waals surface area contributed by atoms with Crippen LogP contribution in [0.1, 0.15) is 44.1 Å². The first kappa shape index (κ1) is 9.50. The summed E-state index contributed by atoms with van der Waals surface area (Å²) in [7, 11) is 0. The first-order valence-electron chi connectivity index (χ1n) is 5.30. The molecule has 0 atom stereocenters. The molecule has 1 aromatic rings. The molecule has 1 heterocycles. The predicted octanol–water partition coefficient (Wildman–Crippen LogP) is 3.14. The van der Waals surface area contributed by atoms with Crippen molar-refractivity contribution in [3.63, 3.8) is 0 Å². The quantitative estimate of drug-likeness (QED) is 0.720. The fourth-order valence-electron chi connectivity index (χ4n) is 2.34. The summed E-state index contributed by atoms with van der Waals surface area (Å²) in [6, 6.07) is 2.04. The summed E-state index contributed by atoms with van der Waals surface area (Å²) in [4.78, 5) is 11.2. The van der Waals surface area contributed by atoms with Crippen LogP contribution < -0.4 is 0 Å². The van der Waals surface area contributed by atoms with E-state index in [2.05, 4.69) is 0 Å². The highest BCUT2D eigenvalue weighted by Gasteiger charge is 2.25. The van der Waals surface area contributed by atoms with E-state index in [1.54, 1.807) is 13.2 Å². The maximum Gasteiger partial charge on any atom is 0.132 e. The van der Waals surface area contributed by atoms with Crippen LogP contribution in [0.5, 0.6) is 0 Å². The van der Waals surface area contributed by atoms with Crippen molar-refractivity contribution in [1.29, 1.82) is 0 Å². The molecule has 0 spiro atoms. The molecule has 2 heteroatoms. The second-order valence-electron chi connectivity index (χ2n) is 4.22. The van der Waals surface area contributed by atoms with Gasteiger partial charge in [0.25, 0.3) is 0 Å². The largest absolute Gasteiger partial charge is 0.472 e. The zero-order valence-electron chi connectivity index (χ0n) is 8.53. The van der Waals surface area contributed by atoms with Crippen LogP contribution in [-0.4, -0.2) is 5.78 Å². The standard InChI is InChI=1S/C12H16O2/c1-9(13)10-2-4-11(5-3-10)12-6-7-14-8-12/h6-8,10-11H,2-5H2,1H3. The molecule has 0 saturated heterocycles. The smallest absolute Gasteiger partial charge is 0.132 e. The van der Waals surface area contributed by atoms with Gasteiger partial charge < -0.3 is 4.42 Å². The van der Waals surface area contributed by atoms with E-state index in [1.165, 1.54) is 5.56 Å². The molecular formula is C12H16O2. The number of Topliss-reactive ketones (excluding diaryl/α,β-unsaturated/α-hetero) is 1. The molecule has 0 N–H and O–H groups in total. The third-order valence-corrected chi connectivity index (χ3v) is 3.32. The maximum atomic E-state index is 11.2. The molecule has 1 aromatic heterocycles. The molecule has 0 aliphatic heterocycles. The number of ketones is 1. The summed E-state index contributed by atoms with van der Waals surface area (Å²) in [5.74, 6) is 1.29. The van der Waals surface area contributed by atoms with Crippen LogP contribution in [0, 0.1) is 5.92 Å². The Bertz CT molecular complexity index is 292. The minimum Gasteiger partial charge on any atom is -0.472 e. The molecule has 76 valence electrons. The Morgan fingerprint density at radius 2 is 2.07 bits per heavy atom. The fourth-order valence-corrected chi connectivity index (χ4v) is 2.34. The zero-order chi connectivity index (χ0) is 9.97. The minimum atomic E-state index is 0.318. The number of hydrogen-bond donors (Lipinski definition) is 0. The normalized spacial score (nSPS) is 27.5. The lowest BCUT2D eigenvalue weighted by molar-refractivity contribution is -0.121. The topological polar surface area (TPSA) is 30.2 Å². The third kappa shape index (κ3) is 1.89. The molecule has 1 aliphatic carbocycles. The molecule has 1 aliphatic rings. The van der Waals surface area contributed by atoms with Gasteiger partial charge in [-0.25, -0.2) is 0 Å². The Labute approximate surface area is 84.3 Å². The third-order valence-electron chi connectivity index (χ3n) is 3.32. The van der Waals surface area contributed by atoms with E-state index in [9.17, 15) is 4.79 Å². The molecule has 0 bridgehead atoms. The number of furan rings is 1. The molecule has 2 nitrogen and oxygen atoms in total. The average molecular weight is 192 g/mol. The predicted molar refractivity (Wildman–Crippen MR) is 54.1 cm³/mol. The van der Waals surface area contributed by atoms with Crippen molar-refractivity contribution >= 4 is 5.78 Å². The minimum absolute atomic E-state index is 0.318. The van der Waals surface area contributed by atoms with Gasteiger partial charge in [0.05, 0.1) is 12.5 Å². The molecule has 0 unspecified atom stereocenters. The summed E-state index contributed by atoms with van der Waals surface area (Å²) in [6.07, 6.45) is 7.91. The van der Waals surface area contributed by atoms with E-state index in [4.69, 9.17) is 4.42 Å². The highest BCUT2D eigenvalue weighted by Crippen LogP contribution is 2.36. The second kappa shape index (κ2) is 3.99. The Morgan fingerprint density at radius 3 is 2.57 bits per heavy atom. The summed E-state index contributed by atoms with van der Waals surface area (Å²) in [5, 5.41) is 0. The van der Waals surface area contributed by atoms with Gasteiger partial charge in [-0.1, -0.05) is 0 Å². The van der Waals surface area contributed by atoms with Crippen molar-refractivity contribution in [3.05, 3.63) is 24.2 Å². The summed E-state index contributed by atoms with van der Waals surface area (Å²) >= 11 is 0. The van der Waals surface area contributed by atoms with Crippen LogP contribution in [0.25, 0.3) is 0 Å². The second-order valence-corrected chi connectivity index (χ2v) is 4.22. The lowest BCUT2D eigenvalue weighted by Gasteiger charge is -2.26. The van der Waals surface area contributed by atoms with Gasteiger partial charge in [0.2, 0.25) is 0 Å². The molecule has 1 saturated carbocycles. The van der Waals surface area contributed by atoms with Gasteiger partial charge in [0.1, 0.15) is 5.78 Å². The average Bonchev–Trinajstić information content (AvgIpc) is 2.71. The number of rotatable bonds is 2. The van der Waals surface area contributed by atoms with E-state index in [0.29, 0.717) is 17.6 Å². The van der Waals surface area contributed by atoms with Crippen LogP contribution >= 0.6 is 0 Å². The van der Waals surface area contributed by atoms with Gasteiger partial charge in [0.15, 0.2) is 0 Å². The summed E-state index contributed by atoms with van der Waals surface area (Å²) in [6.45, 7) is 1.71. The van der Waals surface area contributed by atoms with Gasteiger partial charge in [-0.05, 0) is 50.2 Å². The Balaban J connectivity index is 1.93. The van der Waals surface area contributed by atoms with Crippen molar-refractivity contribution in [2.45, 2.75) is 38.5 Å². The number of hydrogen-bond acceptors (Lipinski definition) is 2. The van der Waals surface area contributed by atoms with Gasteiger partial charge in [-0.2, -0.15) is 0 Å². The molecule has 2 rings (SSSR count). The van der Waals surface area contributed by atoms with Gasteiger partial charge in [-0.3, -0.25) is 4.79 Å². The summed E-state index contributed by atoms with van der Waals surface area (Å²) < 4.78 is 5.08. The fraction of sp³-hybridized carbons (Fsp3) is 0.583. The molecule has 0 aromatic carbocycles. The number of carbonyl (C=O) groups excluding carboxylic acids is 1.